The summed E-state index contributed by atoms with van der Waals surface area (Å²) in [7, 11) is 0. The van der Waals surface area contributed by atoms with Crippen molar-refractivity contribution in [1.29, 1.82) is 0 Å². The highest BCUT2D eigenvalue weighted by atomic mass is 35.5. The second-order valence-corrected chi connectivity index (χ2v) is 7.25. The number of anilines is 2. The molecular weight excluding hydrogens is 388 g/mol. The van der Waals surface area contributed by atoms with Crippen molar-refractivity contribution in [3.63, 3.8) is 0 Å². The van der Waals surface area contributed by atoms with E-state index in [-0.39, 0.29) is 11.8 Å². The summed E-state index contributed by atoms with van der Waals surface area (Å²) >= 11 is 5.88. The summed E-state index contributed by atoms with van der Waals surface area (Å²) in [6, 6.07) is 21.7. The molecule has 3 aromatic carbocycles. The summed E-state index contributed by atoms with van der Waals surface area (Å²) in [4.78, 5) is 27.0. The van der Waals surface area contributed by atoms with Gasteiger partial charge in [-0.2, -0.15) is 0 Å². The van der Waals surface area contributed by atoms with Crippen molar-refractivity contribution in [3.8, 4) is 5.75 Å². The van der Waals surface area contributed by atoms with Crippen molar-refractivity contribution in [2.24, 2.45) is 0 Å². The maximum atomic E-state index is 12.8. The normalized spacial score (nSPS) is 15.4. The fourth-order valence-corrected chi connectivity index (χ4v) is 3.34. The summed E-state index contributed by atoms with van der Waals surface area (Å²) in [6.07, 6.45) is -0.569. The summed E-state index contributed by atoms with van der Waals surface area (Å²) in [5.74, 6) is 0.229. The molecule has 1 unspecified atom stereocenters. The number of halogens is 1. The first kappa shape index (κ1) is 19.0. The Morgan fingerprint density at radius 2 is 1.79 bits per heavy atom. The Morgan fingerprint density at radius 3 is 2.52 bits per heavy atom. The maximum absolute atomic E-state index is 12.8. The van der Waals surface area contributed by atoms with Gasteiger partial charge < -0.3 is 15.0 Å². The first-order chi connectivity index (χ1) is 14.0. The fourth-order valence-electron chi connectivity index (χ4n) is 3.22. The van der Waals surface area contributed by atoms with Gasteiger partial charge in [0.1, 0.15) is 5.75 Å². The Labute approximate surface area is 173 Å². The molecule has 1 atom stereocenters. The smallest absolute Gasteiger partial charge is 0.268 e. The zero-order valence-electron chi connectivity index (χ0n) is 15.8. The predicted octanol–water partition coefficient (Wildman–Crippen LogP) is 4.91. The number of rotatable bonds is 4. The highest BCUT2D eigenvalue weighted by Crippen LogP contribution is 2.37. The van der Waals surface area contributed by atoms with Crippen molar-refractivity contribution in [2.75, 3.05) is 10.2 Å². The number of fused-ring (bicyclic) bond motifs is 1. The van der Waals surface area contributed by atoms with Gasteiger partial charge in [-0.1, -0.05) is 41.9 Å². The van der Waals surface area contributed by atoms with E-state index >= 15 is 0 Å². The van der Waals surface area contributed by atoms with Gasteiger partial charge in [-0.15, -0.1) is 0 Å². The number of nitrogens with one attached hydrogen (secondary N) is 1. The highest BCUT2D eigenvalue weighted by molar-refractivity contribution is 6.30. The Bertz CT molecular complexity index is 1050. The van der Waals surface area contributed by atoms with Crippen molar-refractivity contribution in [2.45, 2.75) is 19.6 Å². The number of hydrogen-bond donors (Lipinski definition) is 1. The summed E-state index contributed by atoms with van der Waals surface area (Å²) < 4.78 is 5.75. The molecule has 1 aliphatic rings. The van der Waals surface area contributed by atoms with Crippen LogP contribution in [-0.2, 0) is 11.3 Å². The van der Waals surface area contributed by atoms with Crippen LogP contribution in [0.15, 0.2) is 72.8 Å². The van der Waals surface area contributed by atoms with Crippen LogP contribution in [0.4, 0.5) is 11.4 Å². The van der Waals surface area contributed by atoms with Gasteiger partial charge >= 0.3 is 0 Å². The molecule has 0 aliphatic carbocycles. The topological polar surface area (TPSA) is 58.6 Å². The molecule has 5 nitrogen and oxygen atoms in total. The lowest BCUT2D eigenvalue weighted by Gasteiger charge is -2.33. The molecule has 6 heteroatoms. The van der Waals surface area contributed by atoms with Crippen molar-refractivity contribution < 1.29 is 14.3 Å². The van der Waals surface area contributed by atoms with Gasteiger partial charge in [-0.05, 0) is 55.0 Å². The van der Waals surface area contributed by atoms with Crippen LogP contribution in [0.1, 0.15) is 22.8 Å². The lowest BCUT2D eigenvalue weighted by molar-refractivity contribution is -0.125. The fraction of sp³-hybridized carbons (Fsp3) is 0.130. The Hall–Kier alpha value is -3.31. The molecule has 3 aromatic rings. The first-order valence-electron chi connectivity index (χ1n) is 9.24. The Kier molecular flexibility index (Phi) is 5.23. The maximum Gasteiger partial charge on any atom is 0.268 e. The van der Waals surface area contributed by atoms with Crippen LogP contribution in [0.5, 0.6) is 5.75 Å². The molecule has 0 saturated carbocycles. The van der Waals surface area contributed by atoms with Crippen LogP contribution in [0.2, 0.25) is 5.02 Å². The minimum absolute atomic E-state index is 0.123. The molecule has 0 radical (unpaired) electrons. The van der Waals surface area contributed by atoms with Crippen molar-refractivity contribution in [1.82, 2.24) is 0 Å². The number of carbonyl (C=O) groups excluding carboxylic acids is 2. The van der Waals surface area contributed by atoms with E-state index in [1.807, 2.05) is 30.3 Å². The van der Waals surface area contributed by atoms with Crippen LogP contribution in [-0.4, -0.2) is 17.9 Å². The molecule has 1 aliphatic heterocycles. The number of hydrogen-bond acceptors (Lipinski definition) is 3. The molecule has 2 amide bonds. The molecule has 1 N–H and O–H groups in total. The molecule has 0 spiro atoms. The zero-order chi connectivity index (χ0) is 20.4. The number of nitrogens with zero attached hydrogens (tertiary/aromatic N) is 1. The van der Waals surface area contributed by atoms with Gasteiger partial charge in [0, 0.05) is 16.3 Å². The molecular formula is C23H19ClN2O3. The van der Waals surface area contributed by atoms with Crippen LogP contribution < -0.4 is 15.0 Å². The average molecular weight is 407 g/mol. The van der Waals surface area contributed by atoms with E-state index in [9.17, 15) is 9.59 Å². The summed E-state index contributed by atoms with van der Waals surface area (Å²) in [5.41, 5.74) is 2.71. The monoisotopic (exact) mass is 406 g/mol. The zero-order valence-corrected chi connectivity index (χ0v) is 16.5. The van der Waals surface area contributed by atoms with Gasteiger partial charge in [-0.3, -0.25) is 9.59 Å². The van der Waals surface area contributed by atoms with Gasteiger partial charge in [0.15, 0.2) is 6.10 Å². The van der Waals surface area contributed by atoms with E-state index in [2.05, 4.69) is 5.32 Å². The van der Waals surface area contributed by atoms with Crippen LogP contribution in [0, 0.1) is 0 Å². The molecule has 146 valence electrons. The third kappa shape index (κ3) is 4.10. The van der Waals surface area contributed by atoms with Crippen LogP contribution >= 0.6 is 11.6 Å². The Morgan fingerprint density at radius 1 is 1.07 bits per heavy atom. The minimum atomic E-state index is -0.569. The molecule has 0 bridgehead atoms. The lowest BCUT2D eigenvalue weighted by Crippen LogP contribution is -2.44. The van der Waals surface area contributed by atoms with E-state index in [4.69, 9.17) is 16.3 Å². The van der Waals surface area contributed by atoms with Gasteiger partial charge in [0.25, 0.3) is 11.8 Å². The van der Waals surface area contributed by atoms with E-state index in [1.54, 1.807) is 54.3 Å². The molecule has 29 heavy (non-hydrogen) atoms. The standard InChI is InChI=1S/C23H19ClN2O3/c1-15-23(28)26(14-16-5-3-2-4-6-16)20-13-19(11-12-21(20)29-15)25-22(27)17-7-9-18(24)10-8-17/h2-13,15H,14H2,1H3,(H,25,27). The van der Waals surface area contributed by atoms with Crippen molar-refractivity contribution >= 4 is 34.8 Å². The number of ether oxygens (including phenoxy) is 1. The van der Waals surface area contributed by atoms with E-state index in [0.717, 1.165) is 5.56 Å². The summed E-state index contributed by atoms with van der Waals surface area (Å²) in [6.45, 7) is 2.16. The van der Waals surface area contributed by atoms with Crippen molar-refractivity contribution in [3.05, 3.63) is 88.9 Å². The molecule has 0 aromatic heterocycles. The van der Waals surface area contributed by atoms with Crippen LogP contribution in [0.25, 0.3) is 0 Å². The molecule has 1 heterocycles. The van der Waals surface area contributed by atoms with E-state index in [0.29, 0.717) is 34.3 Å². The molecule has 0 fully saturated rings. The SMILES string of the molecule is CC1Oc2ccc(NC(=O)c3ccc(Cl)cc3)cc2N(Cc2ccccc2)C1=O. The third-order valence-electron chi connectivity index (χ3n) is 4.72. The number of carbonyl (C=O) groups is 2. The second kappa shape index (κ2) is 7.97. The molecule has 4 rings (SSSR count). The quantitative estimate of drug-likeness (QED) is 0.670. The number of benzene rings is 3. The third-order valence-corrected chi connectivity index (χ3v) is 4.97. The van der Waals surface area contributed by atoms with E-state index < -0.39 is 6.10 Å². The van der Waals surface area contributed by atoms with Gasteiger partial charge in [0.05, 0.1) is 12.2 Å². The Balaban J connectivity index is 1.62. The first-order valence-corrected chi connectivity index (χ1v) is 9.62. The predicted molar refractivity (Wildman–Crippen MR) is 114 cm³/mol. The van der Waals surface area contributed by atoms with Gasteiger partial charge in [0.2, 0.25) is 0 Å². The highest BCUT2D eigenvalue weighted by Gasteiger charge is 2.31. The largest absolute Gasteiger partial charge is 0.479 e. The average Bonchev–Trinajstić information content (AvgIpc) is 2.73. The molecule has 0 saturated heterocycles. The number of amides is 2. The minimum Gasteiger partial charge on any atom is -0.479 e. The summed E-state index contributed by atoms with van der Waals surface area (Å²) in [5, 5.41) is 3.43. The van der Waals surface area contributed by atoms with Gasteiger partial charge in [-0.25, -0.2) is 0 Å². The van der Waals surface area contributed by atoms with Crippen LogP contribution in [0.3, 0.4) is 0 Å². The lowest BCUT2D eigenvalue weighted by atomic mass is 10.1. The second-order valence-electron chi connectivity index (χ2n) is 6.81. The van der Waals surface area contributed by atoms with E-state index in [1.165, 1.54) is 0 Å².